The zero-order valence-electron chi connectivity index (χ0n) is 10.9. The minimum absolute atomic E-state index is 0.0960. The normalized spacial score (nSPS) is 14.3. The van der Waals surface area contributed by atoms with E-state index in [1.165, 1.54) is 22.0 Å². The molecule has 5 nitrogen and oxygen atoms in total. The number of anilines is 1. The summed E-state index contributed by atoms with van der Waals surface area (Å²) in [5.41, 5.74) is 3.05. The SMILES string of the molecule is Cn1cnc(S(=O)(=O)Nc2ccc3c(c2)CCC3)c1Cl. The van der Waals surface area contributed by atoms with Crippen LogP contribution in [-0.4, -0.2) is 18.0 Å². The van der Waals surface area contributed by atoms with E-state index in [2.05, 4.69) is 9.71 Å². The van der Waals surface area contributed by atoms with Crippen molar-refractivity contribution < 1.29 is 8.42 Å². The number of benzene rings is 1. The molecule has 20 heavy (non-hydrogen) atoms. The molecule has 0 unspecified atom stereocenters. The van der Waals surface area contributed by atoms with Crippen molar-refractivity contribution in [1.29, 1.82) is 0 Å². The van der Waals surface area contributed by atoms with Gasteiger partial charge in [-0.25, -0.2) is 4.98 Å². The van der Waals surface area contributed by atoms with Crippen LogP contribution in [0.15, 0.2) is 29.6 Å². The van der Waals surface area contributed by atoms with Crippen LogP contribution in [0, 0.1) is 0 Å². The summed E-state index contributed by atoms with van der Waals surface area (Å²) >= 11 is 5.93. The molecule has 3 rings (SSSR count). The Hall–Kier alpha value is -1.53. The van der Waals surface area contributed by atoms with Gasteiger partial charge in [-0.2, -0.15) is 8.42 Å². The van der Waals surface area contributed by atoms with Crippen LogP contribution in [0.1, 0.15) is 17.5 Å². The fourth-order valence-corrected chi connectivity index (χ4v) is 3.90. The molecule has 0 radical (unpaired) electrons. The number of hydrogen-bond acceptors (Lipinski definition) is 3. The van der Waals surface area contributed by atoms with Gasteiger partial charge in [-0.05, 0) is 42.5 Å². The maximum Gasteiger partial charge on any atom is 0.282 e. The third kappa shape index (κ3) is 2.29. The lowest BCUT2D eigenvalue weighted by Gasteiger charge is -2.08. The molecule has 0 spiro atoms. The van der Waals surface area contributed by atoms with Crippen LogP contribution in [0.25, 0.3) is 0 Å². The summed E-state index contributed by atoms with van der Waals surface area (Å²) < 4.78 is 28.5. The number of sulfonamides is 1. The van der Waals surface area contributed by atoms with Crippen molar-refractivity contribution in [2.75, 3.05) is 4.72 Å². The number of aromatic nitrogens is 2. The first-order chi connectivity index (χ1) is 9.47. The van der Waals surface area contributed by atoms with E-state index in [-0.39, 0.29) is 10.2 Å². The Morgan fingerprint density at radius 3 is 2.75 bits per heavy atom. The van der Waals surface area contributed by atoms with Gasteiger partial charge in [0.25, 0.3) is 10.0 Å². The molecule has 1 N–H and O–H groups in total. The number of rotatable bonds is 3. The highest BCUT2D eigenvalue weighted by atomic mass is 35.5. The molecule has 0 aliphatic heterocycles. The molecule has 2 aromatic rings. The van der Waals surface area contributed by atoms with Crippen molar-refractivity contribution in [3.05, 3.63) is 40.8 Å². The van der Waals surface area contributed by atoms with Gasteiger partial charge >= 0.3 is 0 Å². The molecule has 1 aliphatic carbocycles. The van der Waals surface area contributed by atoms with Crippen LogP contribution in [0.2, 0.25) is 5.15 Å². The van der Waals surface area contributed by atoms with Gasteiger partial charge in [-0.3, -0.25) is 4.72 Å². The van der Waals surface area contributed by atoms with Crippen LogP contribution < -0.4 is 4.72 Å². The van der Waals surface area contributed by atoms with Crippen molar-refractivity contribution >= 4 is 27.3 Å². The Balaban J connectivity index is 1.92. The van der Waals surface area contributed by atoms with Gasteiger partial charge in [-0.1, -0.05) is 17.7 Å². The first-order valence-corrected chi connectivity index (χ1v) is 8.15. The van der Waals surface area contributed by atoms with Crippen molar-refractivity contribution in [3.8, 4) is 0 Å². The second-order valence-corrected chi connectivity index (χ2v) is 6.85. The molecule has 1 aromatic carbocycles. The highest BCUT2D eigenvalue weighted by Gasteiger charge is 2.23. The maximum atomic E-state index is 12.3. The minimum atomic E-state index is -3.75. The van der Waals surface area contributed by atoms with Gasteiger partial charge in [0, 0.05) is 12.7 Å². The number of aryl methyl sites for hydroxylation is 3. The summed E-state index contributed by atoms with van der Waals surface area (Å²) in [4.78, 5) is 3.84. The average molecular weight is 312 g/mol. The van der Waals surface area contributed by atoms with Gasteiger partial charge in [0.2, 0.25) is 5.03 Å². The fourth-order valence-electron chi connectivity index (χ4n) is 2.41. The molecule has 0 bridgehead atoms. The van der Waals surface area contributed by atoms with Crippen LogP contribution in [0.5, 0.6) is 0 Å². The van der Waals surface area contributed by atoms with E-state index in [4.69, 9.17) is 11.6 Å². The van der Waals surface area contributed by atoms with Crippen LogP contribution in [-0.2, 0) is 29.9 Å². The number of halogens is 1. The number of nitrogens with zero attached hydrogens (tertiary/aromatic N) is 2. The van der Waals surface area contributed by atoms with E-state index in [1.54, 1.807) is 13.1 Å². The summed E-state index contributed by atoms with van der Waals surface area (Å²) in [5, 5.41) is -0.0548. The Bertz CT molecular complexity index is 768. The summed E-state index contributed by atoms with van der Waals surface area (Å²) in [6, 6.07) is 5.63. The largest absolute Gasteiger partial charge is 0.324 e. The summed E-state index contributed by atoms with van der Waals surface area (Å²) in [6.07, 6.45) is 4.56. The quantitative estimate of drug-likeness (QED) is 0.946. The third-order valence-corrected chi connectivity index (χ3v) is 5.31. The second kappa shape index (κ2) is 4.79. The first-order valence-electron chi connectivity index (χ1n) is 6.29. The van der Waals surface area contributed by atoms with E-state index in [0.29, 0.717) is 5.69 Å². The number of nitrogens with one attached hydrogen (secondary N) is 1. The molecule has 7 heteroatoms. The van der Waals surface area contributed by atoms with E-state index in [1.807, 2.05) is 12.1 Å². The van der Waals surface area contributed by atoms with Crippen molar-refractivity contribution in [3.63, 3.8) is 0 Å². The van der Waals surface area contributed by atoms with Crippen molar-refractivity contribution in [2.45, 2.75) is 24.3 Å². The van der Waals surface area contributed by atoms with Gasteiger partial charge < -0.3 is 4.57 Å². The monoisotopic (exact) mass is 311 g/mol. The number of hydrogen-bond donors (Lipinski definition) is 1. The fraction of sp³-hybridized carbons (Fsp3) is 0.308. The van der Waals surface area contributed by atoms with Gasteiger partial charge in [-0.15, -0.1) is 0 Å². The van der Waals surface area contributed by atoms with Crippen LogP contribution in [0.4, 0.5) is 5.69 Å². The molecular weight excluding hydrogens is 298 g/mol. The predicted octanol–water partition coefficient (Wildman–Crippen LogP) is 2.36. The average Bonchev–Trinajstić information content (AvgIpc) is 2.97. The molecule has 0 amide bonds. The highest BCUT2D eigenvalue weighted by molar-refractivity contribution is 7.92. The lowest BCUT2D eigenvalue weighted by molar-refractivity contribution is 0.598. The highest BCUT2D eigenvalue weighted by Crippen LogP contribution is 2.27. The van der Waals surface area contributed by atoms with Crippen molar-refractivity contribution in [1.82, 2.24) is 9.55 Å². The molecular formula is C13H14ClN3O2S. The van der Waals surface area contributed by atoms with Gasteiger partial charge in [0.1, 0.15) is 5.15 Å². The minimum Gasteiger partial charge on any atom is -0.324 e. The standard InChI is InChI=1S/C13H14ClN3O2S/c1-17-8-15-13(12(17)14)20(18,19)16-11-6-5-9-3-2-4-10(9)7-11/h5-8,16H,2-4H2,1H3. The molecule has 1 aromatic heterocycles. The lowest BCUT2D eigenvalue weighted by Crippen LogP contribution is -2.14. The summed E-state index contributed by atoms with van der Waals surface area (Å²) in [7, 11) is -2.11. The lowest BCUT2D eigenvalue weighted by atomic mass is 10.1. The predicted molar refractivity (Wildman–Crippen MR) is 77.5 cm³/mol. The smallest absolute Gasteiger partial charge is 0.282 e. The zero-order valence-corrected chi connectivity index (χ0v) is 12.5. The Morgan fingerprint density at radius 1 is 1.30 bits per heavy atom. The molecule has 0 saturated heterocycles. The van der Waals surface area contributed by atoms with Crippen LogP contribution in [0.3, 0.4) is 0 Å². The molecule has 0 fully saturated rings. The van der Waals surface area contributed by atoms with Gasteiger partial charge in [0.05, 0.1) is 6.33 Å². The number of imidazole rings is 1. The Morgan fingerprint density at radius 2 is 2.05 bits per heavy atom. The van der Waals surface area contributed by atoms with E-state index >= 15 is 0 Å². The molecule has 0 atom stereocenters. The van der Waals surface area contributed by atoms with Crippen molar-refractivity contribution in [2.24, 2.45) is 7.05 Å². The number of fused-ring (bicyclic) bond motifs is 1. The summed E-state index contributed by atoms with van der Waals surface area (Å²) in [6.45, 7) is 0. The van der Waals surface area contributed by atoms with E-state index in [0.717, 1.165) is 19.3 Å². The molecule has 1 aliphatic rings. The Labute approximate surface area is 122 Å². The van der Waals surface area contributed by atoms with Crippen LogP contribution >= 0.6 is 11.6 Å². The van der Waals surface area contributed by atoms with E-state index in [9.17, 15) is 8.42 Å². The molecule has 0 saturated carbocycles. The van der Waals surface area contributed by atoms with Gasteiger partial charge in [0.15, 0.2) is 0 Å². The first kappa shape index (κ1) is 13.5. The molecule has 1 heterocycles. The molecule has 106 valence electrons. The maximum absolute atomic E-state index is 12.3. The topological polar surface area (TPSA) is 64.0 Å². The Kier molecular flexibility index (Phi) is 3.22. The summed E-state index contributed by atoms with van der Waals surface area (Å²) in [5.74, 6) is 0. The third-order valence-electron chi connectivity index (χ3n) is 3.44. The zero-order chi connectivity index (χ0) is 14.3. The van der Waals surface area contributed by atoms with E-state index < -0.39 is 10.0 Å². The second-order valence-electron chi connectivity index (χ2n) is 4.89.